The summed E-state index contributed by atoms with van der Waals surface area (Å²) in [7, 11) is 0. The van der Waals surface area contributed by atoms with E-state index in [1.807, 2.05) is 0 Å². The van der Waals surface area contributed by atoms with E-state index >= 15 is 0 Å². The number of benzene rings is 1. The van der Waals surface area contributed by atoms with Gasteiger partial charge in [0.2, 0.25) is 0 Å². The van der Waals surface area contributed by atoms with Gasteiger partial charge >= 0.3 is 0 Å². The van der Waals surface area contributed by atoms with E-state index in [9.17, 15) is 0 Å². The van der Waals surface area contributed by atoms with Crippen LogP contribution in [0.5, 0.6) is 5.75 Å². The van der Waals surface area contributed by atoms with Crippen LogP contribution in [0, 0.1) is 0 Å². The maximum atomic E-state index is 5.78. The zero-order valence-electron chi connectivity index (χ0n) is 6.84. The molecule has 0 atom stereocenters. The molecule has 0 heterocycles. The van der Waals surface area contributed by atoms with Crippen molar-refractivity contribution in [3.63, 3.8) is 0 Å². The lowest BCUT2D eigenvalue weighted by Gasteiger charge is -2.04. The number of anilines is 1. The molecule has 1 rings (SSSR count). The van der Waals surface area contributed by atoms with Crippen molar-refractivity contribution >= 4 is 28.9 Å². The van der Waals surface area contributed by atoms with Crippen LogP contribution in [-0.4, -0.2) is 6.61 Å². The molecule has 4 heteroatoms. The molecule has 0 saturated heterocycles. The molecule has 2 nitrogen and oxygen atoms in total. The summed E-state index contributed by atoms with van der Waals surface area (Å²) in [5.74, 6) is 0.675. The first kappa shape index (κ1) is 10.2. The number of halogens is 2. The number of hydrogen-bond acceptors (Lipinski definition) is 2. The standard InChI is InChI=1S/C9H9Cl2NO/c10-4-1-5-13-7-2-3-9(12)8(11)6-7/h1-4,6H,5,12H2/b4-1+. The van der Waals surface area contributed by atoms with Crippen LogP contribution in [0.1, 0.15) is 0 Å². The van der Waals surface area contributed by atoms with Gasteiger partial charge in [0.25, 0.3) is 0 Å². The highest BCUT2D eigenvalue weighted by atomic mass is 35.5. The fraction of sp³-hybridized carbons (Fsp3) is 0.111. The van der Waals surface area contributed by atoms with Gasteiger partial charge in [0.1, 0.15) is 12.4 Å². The number of nitrogens with two attached hydrogens (primary N) is 1. The van der Waals surface area contributed by atoms with Gasteiger partial charge in [-0.2, -0.15) is 0 Å². The molecule has 0 amide bonds. The average molecular weight is 218 g/mol. The maximum absolute atomic E-state index is 5.78. The van der Waals surface area contributed by atoms with Crippen LogP contribution >= 0.6 is 23.2 Å². The predicted octanol–water partition coefficient (Wildman–Crippen LogP) is 3.05. The smallest absolute Gasteiger partial charge is 0.121 e. The summed E-state index contributed by atoms with van der Waals surface area (Å²) < 4.78 is 5.27. The molecule has 0 saturated carbocycles. The molecule has 0 spiro atoms. The monoisotopic (exact) mass is 217 g/mol. The van der Waals surface area contributed by atoms with Gasteiger partial charge in [0, 0.05) is 11.6 Å². The fourth-order valence-electron chi connectivity index (χ4n) is 0.778. The number of ether oxygens (including phenoxy) is 1. The second kappa shape index (κ2) is 5.00. The Morgan fingerprint density at radius 2 is 2.23 bits per heavy atom. The van der Waals surface area contributed by atoms with Crippen molar-refractivity contribution < 1.29 is 4.74 Å². The first-order valence-electron chi connectivity index (χ1n) is 3.67. The normalized spacial score (nSPS) is 10.6. The Balaban J connectivity index is 2.63. The molecule has 0 aromatic heterocycles. The van der Waals surface area contributed by atoms with Crippen LogP contribution < -0.4 is 10.5 Å². The molecule has 0 radical (unpaired) electrons. The van der Waals surface area contributed by atoms with Gasteiger partial charge in [0.15, 0.2) is 0 Å². The molecule has 1 aromatic rings. The molecule has 0 fully saturated rings. The minimum atomic E-state index is 0.420. The van der Waals surface area contributed by atoms with Crippen molar-refractivity contribution in [2.75, 3.05) is 12.3 Å². The van der Waals surface area contributed by atoms with Gasteiger partial charge in [0.05, 0.1) is 10.7 Å². The van der Waals surface area contributed by atoms with Gasteiger partial charge in [-0.15, -0.1) is 0 Å². The van der Waals surface area contributed by atoms with Gasteiger partial charge in [-0.25, -0.2) is 0 Å². The quantitative estimate of drug-likeness (QED) is 0.791. The first-order valence-corrected chi connectivity index (χ1v) is 4.48. The van der Waals surface area contributed by atoms with E-state index in [1.165, 1.54) is 5.54 Å². The molecule has 0 unspecified atom stereocenters. The zero-order valence-corrected chi connectivity index (χ0v) is 8.35. The third kappa shape index (κ3) is 3.17. The molecule has 0 aliphatic heterocycles. The van der Waals surface area contributed by atoms with Crippen molar-refractivity contribution in [1.29, 1.82) is 0 Å². The maximum Gasteiger partial charge on any atom is 0.121 e. The SMILES string of the molecule is Nc1ccc(OC/C=C/Cl)cc1Cl. The summed E-state index contributed by atoms with van der Waals surface area (Å²) in [6.45, 7) is 0.420. The van der Waals surface area contributed by atoms with Crippen molar-refractivity contribution in [2.24, 2.45) is 0 Å². The third-order valence-corrected chi connectivity index (χ3v) is 1.91. The lowest BCUT2D eigenvalue weighted by molar-refractivity contribution is 0.363. The summed E-state index contributed by atoms with van der Waals surface area (Å²) in [5.41, 5.74) is 7.47. The molecule has 1 aromatic carbocycles. The van der Waals surface area contributed by atoms with Crippen LogP contribution in [0.25, 0.3) is 0 Å². The Bertz CT molecular complexity index is 312. The van der Waals surface area contributed by atoms with E-state index < -0.39 is 0 Å². The van der Waals surface area contributed by atoms with E-state index in [0.717, 1.165) is 0 Å². The van der Waals surface area contributed by atoms with Crippen LogP contribution in [0.2, 0.25) is 5.02 Å². The summed E-state index contributed by atoms with van der Waals surface area (Å²) in [4.78, 5) is 0. The van der Waals surface area contributed by atoms with E-state index in [0.29, 0.717) is 23.1 Å². The Kier molecular flexibility index (Phi) is 3.93. The highest BCUT2D eigenvalue weighted by Crippen LogP contribution is 2.23. The Labute approximate surface area is 86.9 Å². The van der Waals surface area contributed by atoms with E-state index in [2.05, 4.69) is 0 Å². The Hall–Kier alpha value is -0.860. The zero-order chi connectivity index (χ0) is 9.68. The molecule has 13 heavy (non-hydrogen) atoms. The van der Waals surface area contributed by atoms with Gasteiger partial charge in [-0.05, 0) is 18.2 Å². The summed E-state index contributed by atoms with van der Waals surface area (Å²) in [6.07, 6.45) is 1.69. The molecular weight excluding hydrogens is 209 g/mol. The van der Waals surface area contributed by atoms with Crippen LogP contribution in [0.15, 0.2) is 29.8 Å². The summed E-state index contributed by atoms with van der Waals surface area (Å²) in [5, 5.41) is 0.493. The second-order valence-electron chi connectivity index (χ2n) is 2.36. The average Bonchev–Trinajstić information content (AvgIpc) is 2.12. The Morgan fingerprint density at radius 1 is 1.46 bits per heavy atom. The highest BCUT2D eigenvalue weighted by molar-refractivity contribution is 6.33. The minimum absolute atomic E-state index is 0.420. The third-order valence-electron chi connectivity index (χ3n) is 1.41. The van der Waals surface area contributed by atoms with Crippen molar-refractivity contribution in [2.45, 2.75) is 0 Å². The van der Waals surface area contributed by atoms with E-state index in [-0.39, 0.29) is 0 Å². The highest BCUT2D eigenvalue weighted by Gasteiger charge is 1.97. The molecule has 70 valence electrons. The van der Waals surface area contributed by atoms with E-state index in [1.54, 1.807) is 24.3 Å². The fourth-order valence-corrected chi connectivity index (χ4v) is 1.02. The van der Waals surface area contributed by atoms with Crippen LogP contribution in [0.3, 0.4) is 0 Å². The number of rotatable bonds is 3. The van der Waals surface area contributed by atoms with Crippen LogP contribution in [0.4, 0.5) is 5.69 Å². The van der Waals surface area contributed by atoms with Gasteiger partial charge in [-0.3, -0.25) is 0 Å². The molecule has 0 aliphatic rings. The first-order chi connectivity index (χ1) is 6.24. The molecule has 2 N–H and O–H groups in total. The Morgan fingerprint density at radius 3 is 2.85 bits per heavy atom. The lowest BCUT2D eigenvalue weighted by Crippen LogP contribution is -1.94. The van der Waals surface area contributed by atoms with Gasteiger partial charge in [-0.1, -0.05) is 23.2 Å². The second-order valence-corrected chi connectivity index (χ2v) is 3.02. The molecular formula is C9H9Cl2NO. The minimum Gasteiger partial charge on any atom is -0.489 e. The number of hydrogen-bond donors (Lipinski definition) is 1. The molecule has 0 bridgehead atoms. The predicted molar refractivity (Wildman–Crippen MR) is 56.4 cm³/mol. The summed E-state index contributed by atoms with van der Waals surface area (Å²) >= 11 is 11.1. The lowest BCUT2D eigenvalue weighted by atomic mass is 10.3. The van der Waals surface area contributed by atoms with Gasteiger partial charge < -0.3 is 10.5 Å². The number of nitrogen functional groups attached to an aromatic ring is 1. The van der Waals surface area contributed by atoms with Crippen molar-refractivity contribution in [3.8, 4) is 5.75 Å². The topological polar surface area (TPSA) is 35.2 Å². The van der Waals surface area contributed by atoms with Crippen LogP contribution in [-0.2, 0) is 0 Å². The summed E-state index contributed by atoms with van der Waals surface area (Å²) in [6, 6.07) is 5.12. The largest absolute Gasteiger partial charge is 0.489 e. The van der Waals surface area contributed by atoms with Crippen molar-refractivity contribution in [3.05, 3.63) is 34.8 Å². The van der Waals surface area contributed by atoms with E-state index in [4.69, 9.17) is 33.7 Å². The van der Waals surface area contributed by atoms with Crippen molar-refractivity contribution in [1.82, 2.24) is 0 Å². The molecule has 0 aliphatic carbocycles.